The summed E-state index contributed by atoms with van der Waals surface area (Å²) in [6, 6.07) is 10.2. The molecule has 25 heavy (non-hydrogen) atoms. The van der Waals surface area contributed by atoms with Gasteiger partial charge in [-0.2, -0.15) is 0 Å². The number of aromatic nitrogens is 3. The van der Waals surface area contributed by atoms with Crippen LogP contribution in [-0.4, -0.2) is 39.9 Å². The second-order valence-electron chi connectivity index (χ2n) is 5.75. The summed E-state index contributed by atoms with van der Waals surface area (Å²) in [5, 5.41) is 6.44. The summed E-state index contributed by atoms with van der Waals surface area (Å²) in [7, 11) is 3.77. The molecule has 2 heterocycles. The predicted molar refractivity (Wildman–Crippen MR) is 103 cm³/mol. The molecule has 0 aliphatic rings. The van der Waals surface area contributed by atoms with Crippen LogP contribution in [0.4, 0.5) is 0 Å². The lowest BCUT2D eigenvalue weighted by Crippen LogP contribution is -2.38. The highest BCUT2D eigenvalue weighted by Gasteiger charge is 2.10. The van der Waals surface area contributed by atoms with Gasteiger partial charge in [-0.15, -0.1) is 11.3 Å². The Kier molecular flexibility index (Phi) is 5.45. The van der Waals surface area contributed by atoms with Gasteiger partial charge in [-0.3, -0.25) is 4.99 Å². The van der Waals surface area contributed by atoms with Crippen LogP contribution < -0.4 is 5.32 Å². The fourth-order valence-electron chi connectivity index (χ4n) is 2.53. The molecule has 0 aliphatic carbocycles. The second-order valence-corrected chi connectivity index (χ2v) is 6.69. The first-order valence-corrected chi connectivity index (χ1v) is 8.96. The summed E-state index contributed by atoms with van der Waals surface area (Å²) in [6.07, 6.45) is 1.87. The topological polar surface area (TPSA) is 69.2 Å². The fraction of sp³-hybridized carbons (Fsp3) is 0.278. The van der Waals surface area contributed by atoms with Crippen molar-refractivity contribution >= 4 is 17.3 Å². The van der Waals surface area contributed by atoms with Crippen LogP contribution in [0.15, 0.2) is 46.9 Å². The molecule has 0 saturated heterocycles. The third kappa shape index (κ3) is 4.45. The lowest BCUT2D eigenvalue weighted by molar-refractivity contribution is 0.464. The monoisotopic (exact) mass is 354 g/mol. The van der Waals surface area contributed by atoms with Crippen LogP contribution in [0.25, 0.3) is 11.3 Å². The summed E-state index contributed by atoms with van der Waals surface area (Å²) >= 11 is 1.65. The maximum absolute atomic E-state index is 4.48. The smallest absolute Gasteiger partial charge is 0.194 e. The van der Waals surface area contributed by atoms with Crippen LogP contribution in [0, 0.1) is 6.92 Å². The number of thiazole rings is 1. The number of aliphatic imine (C=N–C) groups is 1. The summed E-state index contributed by atoms with van der Waals surface area (Å²) < 4.78 is 0. The quantitative estimate of drug-likeness (QED) is 0.546. The van der Waals surface area contributed by atoms with Crippen molar-refractivity contribution in [1.29, 1.82) is 0 Å². The van der Waals surface area contributed by atoms with Gasteiger partial charge in [0, 0.05) is 25.2 Å². The molecule has 0 spiro atoms. The fourth-order valence-corrected chi connectivity index (χ4v) is 3.24. The van der Waals surface area contributed by atoms with Gasteiger partial charge in [-0.1, -0.05) is 30.3 Å². The molecule has 3 aromatic rings. The van der Waals surface area contributed by atoms with Crippen LogP contribution in [0.2, 0.25) is 0 Å². The van der Waals surface area contributed by atoms with Crippen molar-refractivity contribution in [3.05, 3.63) is 58.4 Å². The van der Waals surface area contributed by atoms with Gasteiger partial charge in [0.05, 0.1) is 25.0 Å². The highest BCUT2D eigenvalue weighted by molar-refractivity contribution is 7.09. The minimum atomic E-state index is 0.642. The molecule has 0 amide bonds. The van der Waals surface area contributed by atoms with Crippen molar-refractivity contribution in [1.82, 2.24) is 25.2 Å². The standard InChI is InChI=1S/C18H22N6S/c1-13-12-25-17(22-13)10-21-18(19-2)24(3)11-16-20-9-15(23-16)14-7-5-4-6-8-14/h4-9,12H,10-11H2,1-3H3,(H,19,21)(H,20,23). The summed E-state index contributed by atoms with van der Waals surface area (Å²) in [5.41, 5.74) is 3.20. The Morgan fingerprint density at radius 1 is 1.32 bits per heavy atom. The Bertz CT molecular complexity index is 836. The molecular weight excluding hydrogens is 332 g/mol. The van der Waals surface area contributed by atoms with E-state index >= 15 is 0 Å². The molecule has 7 heteroatoms. The van der Waals surface area contributed by atoms with Gasteiger partial charge in [0.25, 0.3) is 0 Å². The molecule has 0 fully saturated rings. The SMILES string of the molecule is CN=C(NCc1nc(C)cs1)N(C)Cc1ncc(-c2ccccc2)[nH]1. The Morgan fingerprint density at radius 3 is 2.80 bits per heavy atom. The van der Waals surface area contributed by atoms with Crippen LogP contribution in [0.1, 0.15) is 16.5 Å². The molecule has 0 atom stereocenters. The van der Waals surface area contributed by atoms with Gasteiger partial charge in [-0.05, 0) is 12.5 Å². The average Bonchev–Trinajstić information content (AvgIpc) is 3.25. The van der Waals surface area contributed by atoms with E-state index in [0.717, 1.165) is 33.7 Å². The number of aryl methyl sites for hydroxylation is 1. The van der Waals surface area contributed by atoms with E-state index in [0.29, 0.717) is 13.1 Å². The van der Waals surface area contributed by atoms with E-state index in [1.165, 1.54) is 0 Å². The molecular formula is C18H22N6S. The zero-order valence-corrected chi connectivity index (χ0v) is 15.5. The van der Waals surface area contributed by atoms with Crippen molar-refractivity contribution in [3.63, 3.8) is 0 Å². The van der Waals surface area contributed by atoms with Gasteiger partial charge < -0.3 is 15.2 Å². The molecule has 3 rings (SSSR count). The lowest BCUT2D eigenvalue weighted by atomic mass is 10.2. The third-order valence-electron chi connectivity index (χ3n) is 3.74. The minimum absolute atomic E-state index is 0.642. The minimum Gasteiger partial charge on any atom is -0.350 e. The zero-order chi connectivity index (χ0) is 17.6. The number of aromatic amines is 1. The van der Waals surface area contributed by atoms with Crippen molar-refractivity contribution in [3.8, 4) is 11.3 Å². The van der Waals surface area contributed by atoms with Gasteiger partial charge in [0.1, 0.15) is 10.8 Å². The molecule has 0 saturated carbocycles. The van der Waals surface area contributed by atoms with E-state index in [9.17, 15) is 0 Å². The number of nitrogens with zero attached hydrogens (tertiary/aromatic N) is 4. The first kappa shape index (κ1) is 17.2. The molecule has 6 nitrogen and oxygen atoms in total. The van der Waals surface area contributed by atoms with E-state index in [1.807, 2.05) is 43.3 Å². The Balaban J connectivity index is 1.60. The average molecular weight is 354 g/mol. The normalized spacial score (nSPS) is 11.6. The summed E-state index contributed by atoms with van der Waals surface area (Å²) in [6.45, 7) is 3.31. The van der Waals surface area contributed by atoms with E-state index in [2.05, 4.69) is 42.8 Å². The van der Waals surface area contributed by atoms with Crippen LogP contribution in [0.5, 0.6) is 0 Å². The van der Waals surface area contributed by atoms with Gasteiger partial charge >= 0.3 is 0 Å². The first-order valence-electron chi connectivity index (χ1n) is 8.08. The molecule has 0 aliphatic heterocycles. The molecule has 0 bridgehead atoms. The lowest BCUT2D eigenvalue weighted by Gasteiger charge is -2.20. The van der Waals surface area contributed by atoms with Gasteiger partial charge in [0.2, 0.25) is 0 Å². The van der Waals surface area contributed by atoms with E-state index in [-0.39, 0.29) is 0 Å². The van der Waals surface area contributed by atoms with Gasteiger partial charge in [-0.25, -0.2) is 9.97 Å². The van der Waals surface area contributed by atoms with E-state index < -0.39 is 0 Å². The van der Waals surface area contributed by atoms with E-state index in [1.54, 1.807) is 18.4 Å². The first-order chi connectivity index (χ1) is 12.2. The van der Waals surface area contributed by atoms with E-state index in [4.69, 9.17) is 0 Å². The summed E-state index contributed by atoms with van der Waals surface area (Å²) in [4.78, 5) is 18.7. The largest absolute Gasteiger partial charge is 0.350 e. The molecule has 1 aromatic carbocycles. The maximum atomic E-state index is 4.48. The van der Waals surface area contributed by atoms with Crippen molar-refractivity contribution in [2.75, 3.05) is 14.1 Å². The molecule has 2 aromatic heterocycles. The van der Waals surface area contributed by atoms with Gasteiger partial charge in [0.15, 0.2) is 5.96 Å². The highest BCUT2D eigenvalue weighted by atomic mass is 32.1. The number of benzene rings is 1. The number of nitrogens with one attached hydrogen (secondary N) is 2. The maximum Gasteiger partial charge on any atom is 0.194 e. The van der Waals surface area contributed by atoms with Crippen molar-refractivity contribution in [2.45, 2.75) is 20.0 Å². The Labute approximate surface area is 151 Å². The second kappa shape index (κ2) is 7.94. The Hall–Kier alpha value is -2.67. The van der Waals surface area contributed by atoms with Crippen molar-refractivity contribution in [2.24, 2.45) is 4.99 Å². The van der Waals surface area contributed by atoms with Crippen LogP contribution in [0.3, 0.4) is 0 Å². The molecule has 0 unspecified atom stereocenters. The number of rotatable bonds is 5. The Morgan fingerprint density at radius 2 is 2.12 bits per heavy atom. The summed E-state index contributed by atoms with van der Waals surface area (Å²) in [5.74, 6) is 1.71. The molecule has 130 valence electrons. The number of imidazole rings is 1. The molecule has 2 N–H and O–H groups in total. The number of hydrogen-bond donors (Lipinski definition) is 2. The van der Waals surface area contributed by atoms with Crippen molar-refractivity contribution < 1.29 is 0 Å². The zero-order valence-electron chi connectivity index (χ0n) is 14.7. The number of guanidine groups is 1. The molecule has 0 radical (unpaired) electrons. The predicted octanol–water partition coefficient (Wildman–Crippen LogP) is 3.05. The number of H-pyrrole nitrogens is 1. The third-order valence-corrected chi connectivity index (χ3v) is 4.70. The van der Waals surface area contributed by atoms with Crippen LogP contribution >= 0.6 is 11.3 Å². The number of hydrogen-bond acceptors (Lipinski definition) is 4. The van der Waals surface area contributed by atoms with Crippen LogP contribution in [-0.2, 0) is 13.1 Å². The highest BCUT2D eigenvalue weighted by Crippen LogP contribution is 2.16.